The van der Waals surface area contributed by atoms with E-state index >= 15 is 0 Å². The molecule has 1 amide bonds. The molecule has 0 aliphatic carbocycles. The highest BCUT2D eigenvalue weighted by molar-refractivity contribution is 6.31. The smallest absolute Gasteiger partial charge is 0.253 e. The fraction of sp³-hybridized carbons (Fsp3) is 0.308. The van der Waals surface area contributed by atoms with Gasteiger partial charge in [0.1, 0.15) is 5.82 Å². The Bertz CT molecular complexity index is 1090. The number of anilines is 1. The number of hydrogen-bond donors (Lipinski definition) is 3. The van der Waals surface area contributed by atoms with Crippen LogP contribution in [0, 0.1) is 5.82 Å². The molecule has 0 saturated carbocycles. The number of amides is 1. The van der Waals surface area contributed by atoms with Gasteiger partial charge >= 0.3 is 0 Å². The number of hydrogen-bond acceptors (Lipinski definition) is 4. The summed E-state index contributed by atoms with van der Waals surface area (Å²) in [4.78, 5) is 17.2. The van der Waals surface area contributed by atoms with Gasteiger partial charge in [-0.15, -0.1) is 24.8 Å². The number of nitrogens with zero attached hydrogens (tertiary/aromatic N) is 1. The maximum Gasteiger partial charge on any atom is 0.253 e. The van der Waals surface area contributed by atoms with Crippen LogP contribution in [-0.2, 0) is 12.8 Å². The van der Waals surface area contributed by atoms with E-state index in [-0.39, 0.29) is 43.6 Å². The molecular weight excluding hydrogens is 512 g/mol. The first-order valence-electron chi connectivity index (χ1n) is 10.8. The van der Waals surface area contributed by atoms with Gasteiger partial charge < -0.3 is 15.7 Å². The molecule has 0 unspecified atom stereocenters. The molecule has 190 valence electrons. The molecule has 3 N–H and O–H groups in total. The van der Waals surface area contributed by atoms with Crippen LogP contribution in [0.15, 0.2) is 66.9 Å². The van der Waals surface area contributed by atoms with Crippen LogP contribution in [0.25, 0.3) is 0 Å². The third kappa shape index (κ3) is 9.30. The first-order chi connectivity index (χ1) is 15.6. The Morgan fingerprint density at radius 2 is 1.74 bits per heavy atom. The summed E-state index contributed by atoms with van der Waals surface area (Å²) in [5, 5.41) is 17.9. The molecule has 0 saturated heterocycles. The first-order valence-corrected chi connectivity index (χ1v) is 11.2. The van der Waals surface area contributed by atoms with Gasteiger partial charge in [0.25, 0.3) is 5.91 Å². The number of carbonyl (C=O) groups is 1. The van der Waals surface area contributed by atoms with Crippen LogP contribution < -0.4 is 10.6 Å². The van der Waals surface area contributed by atoms with E-state index in [2.05, 4.69) is 15.6 Å². The maximum absolute atomic E-state index is 13.9. The van der Waals surface area contributed by atoms with E-state index in [1.54, 1.807) is 18.3 Å². The molecule has 5 nitrogen and oxygen atoms in total. The third-order valence-electron chi connectivity index (χ3n) is 5.06. The first kappa shape index (κ1) is 30.7. The summed E-state index contributed by atoms with van der Waals surface area (Å²) in [6, 6.07) is 16.5. The van der Waals surface area contributed by atoms with E-state index in [9.17, 15) is 14.3 Å². The lowest BCUT2D eigenvalue weighted by molar-refractivity contribution is 0.0916. The van der Waals surface area contributed by atoms with E-state index in [1.807, 2.05) is 51.1 Å². The van der Waals surface area contributed by atoms with Gasteiger partial charge in [0.15, 0.2) is 0 Å². The topological polar surface area (TPSA) is 74.2 Å². The van der Waals surface area contributed by atoms with Crippen LogP contribution in [0.4, 0.5) is 10.1 Å². The summed E-state index contributed by atoms with van der Waals surface area (Å²) in [6.45, 7) is 5.70. The Balaban J connectivity index is 0.00000306. The van der Waals surface area contributed by atoms with Gasteiger partial charge in [0.2, 0.25) is 0 Å². The minimum atomic E-state index is -0.930. The van der Waals surface area contributed by atoms with Crippen LogP contribution in [0.1, 0.15) is 42.4 Å². The van der Waals surface area contributed by atoms with Crippen molar-refractivity contribution in [2.75, 3.05) is 5.32 Å². The van der Waals surface area contributed by atoms with Crippen molar-refractivity contribution in [3.63, 3.8) is 0 Å². The second-order valence-electron chi connectivity index (χ2n) is 9.03. The number of rotatable bonds is 8. The Labute approximate surface area is 223 Å². The average molecular weight is 543 g/mol. The molecule has 0 bridgehead atoms. The van der Waals surface area contributed by atoms with Gasteiger partial charge in [-0.2, -0.15) is 0 Å². The summed E-state index contributed by atoms with van der Waals surface area (Å²) >= 11 is 6.30. The summed E-state index contributed by atoms with van der Waals surface area (Å²) in [5.74, 6) is -0.647. The van der Waals surface area contributed by atoms with E-state index < -0.39 is 23.5 Å². The zero-order valence-corrected chi connectivity index (χ0v) is 22.2. The Morgan fingerprint density at radius 3 is 2.40 bits per heavy atom. The van der Waals surface area contributed by atoms with Crippen molar-refractivity contribution >= 4 is 48.0 Å². The number of carbonyl (C=O) groups excluding carboxylic acids is 1. The number of aliphatic hydroxyl groups excluding tert-OH is 1. The van der Waals surface area contributed by atoms with Gasteiger partial charge in [-0.05, 0) is 75.2 Å². The summed E-state index contributed by atoms with van der Waals surface area (Å²) in [5.41, 5.74) is 1.87. The van der Waals surface area contributed by atoms with Crippen LogP contribution >= 0.6 is 36.4 Å². The lowest BCUT2D eigenvalue weighted by Crippen LogP contribution is -2.42. The molecule has 9 heteroatoms. The fourth-order valence-corrected chi connectivity index (χ4v) is 3.72. The largest absolute Gasteiger partial charge is 0.391 e. The molecule has 3 aromatic rings. The van der Waals surface area contributed by atoms with Gasteiger partial charge in [-0.1, -0.05) is 29.8 Å². The van der Waals surface area contributed by atoms with Gasteiger partial charge in [0.05, 0.1) is 23.4 Å². The molecular formula is C26H31Cl3FN3O2. The number of para-hydroxylation sites is 1. The third-order valence-corrected chi connectivity index (χ3v) is 5.43. The molecule has 1 heterocycles. The molecule has 3 rings (SSSR count). The maximum atomic E-state index is 13.9. The predicted molar refractivity (Wildman–Crippen MR) is 145 cm³/mol. The number of aliphatic hydroxyl groups is 1. The van der Waals surface area contributed by atoms with E-state index in [1.165, 1.54) is 18.2 Å². The van der Waals surface area contributed by atoms with Crippen LogP contribution in [0.2, 0.25) is 5.02 Å². The van der Waals surface area contributed by atoms with Crippen LogP contribution in [0.5, 0.6) is 0 Å². The molecule has 2 aromatic carbocycles. The van der Waals surface area contributed by atoms with Crippen molar-refractivity contribution in [1.82, 2.24) is 10.3 Å². The normalized spacial score (nSPS) is 12.5. The number of halogens is 4. The van der Waals surface area contributed by atoms with Gasteiger partial charge in [-0.3, -0.25) is 9.78 Å². The van der Waals surface area contributed by atoms with Crippen molar-refractivity contribution in [2.45, 2.75) is 51.3 Å². The number of nitrogens with one attached hydrogen (secondary N) is 2. The quantitative estimate of drug-likeness (QED) is 0.333. The SMILES string of the molecule is CC(C)(C)NC(=O)c1cccnc1C[C@H](O)[C@@H](Cc1cc(F)ccc1Cl)Nc1ccccc1.Cl.Cl. The highest BCUT2D eigenvalue weighted by atomic mass is 35.5. The summed E-state index contributed by atoms with van der Waals surface area (Å²) in [6.07, 6.45) is 1.08. The van der Waals surface area contributed by atoms with Crippen LogP contribution in [0.3, 0.4) is 0 Å². The summed E-state index contributed by atoms with van der Waals surface area (Å²) < 4.78 is 13.9. The second kappa shape index (κ2) is 13.6. The zero-order valence-electron chi connectivity index (χ0n) is 19.8. The predicted octanol–water partition coefficient (Wildman–Crippen LogP) is 5.87. The highest BCUT2D eigenvalue weighted by Crippen LogP contribution is 2.23. The highest BCUT2D eigenvalue weighted by Gasteiger charge is 2.25. The van der Waals surface area contributed by atoms with E-state index in [0.717, 1.165) is 5.69 Å². The Hall–Kier alpha value is -2.38. The second-order valence-corrected chi connectivity index (χ2v) is 9.44. The minimum Gasteiger partial charge on any atom is -0.391 e. The van der Waals surface area contributed by atoms with E-state index in [4.69, 9.17) is 11.6 Å². The Kier molecular flexibility index (Phi) is 11.9. The van der Waals surface area contributed by atoms with Crippen molar-refractivity contribution < 1.29 is 14.3 Å². The van der Waals surface area contributed by atoms with Crippen molar-refractivity contribution in [3.8, 4) is 0 Å². The molecule has 0 aliphatic heterocycles. The van der Waals surface area contributed by atoms with Crippen LogP contribution in [-0.4, -0.2) is 33.7 Å². The number of benzene rings is 2. The molecule has 1 aromatic heterocycles. The molecule has 0 fully saturated rings. The Morgan fingerprint density at radius 1 is 1.06 bits per heavy atom. The fourth-order valence-electron chi connectivity index (χ4n) is 3.52. The molecule has 2 atom stereocenters. The van der Waals surface area contributed by atoms with E-state index in [0.29, 0.717) is 21.8 Å². The molecule has 0 radical (unpaired) electrons. The van der Waals surface area contributed by atoms with Gasteiger partial charge in [-0.25, -0.2) is 4.39 Å². The summed E-state index contributed by atoms with van der Waals surface area (Å²) in [7, 11) is 0. The lowest BCUT2D eigenvalue weighted by atomic mass is 9.95. The van der Waals surface area contributed by atoms with Crippen molar-refractivity contribution in [2.24, 2.45) is 0 Å². The molecule has 0 aliphatic rings. The lowest BCUT2D eigenvalue weighted by Gasteiger charge is -2.27. The standard InChI is InChI=1S/C26H29ClFN3O2.2ClH/c1-26(2,3)31-25(33)20-10-7-13-29-22(20)16-24(32)23(30-19-8-5-4-6-9-19)15-17-14-18(28)11-12-21(17)27;;/h4-14,23-24,30,32H,15-16H2,1-3H3,(H,31,33);2*1H/t23-,24+;;/m1../s1. The monoisotopic (exact) mass is 541 g/mol. The van der Waals surface area contributed by atoms with Gasteiger partial charge in [0, 0.05) is 28.9 Å². The van der Waals surface area contributed by atoms with Crippen molar-refractivity contribution in [1.29, 1.82) is 0 Å². The van der Waals surface area contributed by atoms with Crippen molar-refractivity contribution in [3.05, 3.63) is 94.5 Å². The minimum absolute atomic E-state index is 0. The number of aromatic nitrogens is 1. The molecule has 0 spiro atoms. The number of pyridine rings is 1. The average Bonchev–Trinajstić information content (AvgIpc) is 2.75. The zero-order chi connectivity index (χ0) is 24.0. The molecule has 35 heavy (non-hydrogen) atoms.